The fraction of sp³-hybridized carbons (Fsp3) is 0.240. The second-order valence-electron chi connectivity index (χ2n) is 7.90. The minimum atomic E-state index is -1.03. The fourth-order valence-electron chi connectivity index (χ4n) is 4.06. The molecule has 0 heterocycles. The Bertz CT molecular complexity index is 1100. The third-order valence-corrected chi connectivity index (χ3v) is 6.39. The molecule has 32 heavy (non-hydrogen) atoms. The lowest BCUT2D eigenvalue weighted by Crippen LogP contribution is -2.37. The van der Waals surface area contributed by atoms with E-state index >= 15 is 0 Å². The molecular weight excluding hydrogens is 469 g/mol. The maximum Gasteiger partial charge on any atom is 0.337 e. The van der Waals surface area contributed by atoms with Gasteiger partial charge in [-0.25, -0.2) is 4.79 Å². The van der Waals surface area contributed by atoms with Gasteiger partial charge >= 0.3 is 5.97 Å². The molecule has 0 saturated heterocycles. The Labute approximate surface area is 203 Å². The lowest BCUT2D eigenvalue weighted by molar-refractivity contribution is 0.0697. The number of halogens is 3. The monoisotopic (exact) mass is 491 g/mol. The van der Waals surface area contributed by atoms with Crippen LogP contribution in [0.1, 0.15) is 39.6 Å². The van der Waals surface area contributed by atoms with Crippen LogP contribution in [0, 0.1) is 0 Å². The van der Waals surface area contributed by atoms with E-state index in [1.807, 2.05) is 12.1 Å². The average Bonchev–Trinajstić information content (AvgIpc) is 2.77. The fourth-order valence-corrected chi connectivity index (χ4v) is 4.45. The summed E-state index contributed by atoms with van der Waals surface area (Å²) in [4.78, 5) is 11.2. The first-order valence-electron chi connectivity index (χ1n) is 10.2. The predicted octanol–water partition coefficient (Wildman–Crippen LogP) is 5.96. The molecule has 0 amide bonds. The molecule has 3 N–H and O–H groups in total. The van der Waals surface area contributed by atoms with Gasteiger partial charge in [-0.1, -0.05) is 59.6 Å². The van der Waals surface area contributed by atoms with Gasteiger partial charge in [0.2, 0.25) is 0 Å². The van der Waals surface area contributed by atoms with Crippen LogP contribution in [0.2, 0.25) is 10.0 Å². The third kappa shape index (κ3) is 5.64. The summed E-state index contributed by atoms with van der Waals surface area (Å²) in [7, 11) is 0. The Morgan fingerprint density at radius 2 is 1.69 bits per heavy atom. The van der Waals surface area contributed by atoms with Gasteiger partial charge < -0.3 is 15.5 Å². The Morgan fingerprint density at radius 3 is 2.38 bits per heavy atom. The van der Waals surface area contributed by atoms with Crippen LogP contribution >= 0.6 is 35.6 Å². The van der Waals surface area contributed by atoms with Crippen LogP contribution in [-0.4, -0.2) is 28.8 Å². The molecule has 1 aliphatic carbocycles. The van der Waals surface area contributed by atoms with Crippen molar-refractivity contribution in [2.24, 2.45) is 0 Å². The molecule has 0 aromatic heterocycles. The Hall–Kier alpha value is -2.08. The van der Waals surface area contributed by atoms with Crippen molar-refractivity contribution in [3.05, 3.63) is 93.0 Å². The van der Waals surface area contributed by atoms with Gasteiger partial charge in [-0.2, -0.15) is 0 Å². The number of carbonyl (C=O) groups is 1. The van der Waals surface area contributed by atoms with Gasteiger partial charge in [0.25, 0.3) is 0 Å². The van der Waals surface area contributed by atoms with Crippen molar-refractivity contribution in [1.29, 1.82) is 0 Å². The molecule has 0 spiro atoms. The number of aliphatic hydroxyl groups is 1. The summed E-state index contributed by atoms with van der Waals surface area (Å²) in [6.07, 6.45) is 2.28. The van der Waals surface area contributed by atoms with Crippen molar-refractivity contribution < 1.29 is 15.0 Å². The first kappa shape index (κ1) is 24.6. The molecule has 0 bridgehead atoms. The summed E-state index contributed by atoms with van der Waals surface area (Å²) >= 11 is 12.1. The summed E-state index contributed by atoms with van der Waals surface area (Å²) in [6.45, 7) is 0.480. The Balaban J connectivity index is 0.00000289. The van der Waals surface area contributed by atoms with E-state index < -0.39 is 12.1 Å². The van der Waals surface area contributed by atoms with Gasteiger partial charge in [-0.15, -0.1) is 12.4 Å². The van der Waals surface area contributed by atoms with E-state index in [9.17, 15) is 15.0 Å². The second kappa shape index (κ2) is 10.7. The number of benzene rings is 3. The third-order valence-electron chi connectivity index (χ3n) is 5.82. The zero-order chi connectivity index (χ0) is 22.0. The smallest absolute Gasteiger partial charge is 0.337 e. The number of aliphatic hydroxyl groups excluding tert-OH is 1. The minimum Gasteiger partial charge on any atom is -0.478 e. The first-order chi connectivity index (χ1) is 14.9. The highest BCUT2D eigenvalue weighted by atomic mass is 35.5. The van der Waals surface area contributed by atoms with E-state index in [-0.39, 0.29) is 29.0 Å². The number of aromatic carboxylic acids is 1. The summed E-state index contributed by atoms with van der Waals surface area (Å²) in [5, 5.41) is 24.0. The van der Waals surface area contributed by atoms with Crippen molar-refractivity contribution >= 4 is 41.6 Å². The van der Waals surface area contributed by atoms with Crippen LogP contribution in [0.5, 0.6) is 0 Å². The number of hydrogen-bond donors (Lipinski definition) is 3. The lowest BCUT2D eigenvalue weighted by atomic mass is 9.86. The number of fused-ring (bicyclic) bond motifs is 1. The summed E-state index contributed by atoms with van der Waals surface area (Å²) < 4.78 is 0. The van der Waals surface area contributed by atoms with E-state index in [0.717, 1.165) is 36.0 Å². The van der Waals surface area contributed by atoms with E-state index in [0.29, 0.717) is 11.6 Å². The maximum absolute atomic E-state index is 11.2. The molecule has 7 heteroatoms. The first-order valence-corrected chi connectivity index (χ1v) is 11.0. The number of carboxylic acid groups (broad SMARTS) is 1. The topological polar surface area (TPSA) is 69.6 Å². The SMILES string of the molecule is Cl.O=C(O)c1ccc(-c2ccc3c(c2)C[C@@H](NC[C@H](O)c2ccc(Cl)cc2)CC3)cc1Cl. The van der Waals surface area contributed by atoms with Crippen LogP contribution in [-0.2, 0) is 12.8 Å². The molecular formula is C25H24Cl3NO3. The standard InChI is InChI=1S/C25H23Cl2NO3.ClH/c26-20-7-3-16(4-8-20)24(29)14-28-21-9-5-15-1-2-17(11-19(15)12-21)18-6-10-22(25(30)31)23(27)13-18;/h1-4,6-8,10-11,13,21,24,28-29H,5,9,12,14H2,(H,30,31);1H/t21-,24-;/m0./s1. The molecule has 1 aliphatic rings. The van der Waals surface area contributed by atoms with Crippen molar-refractivity contribution in [2.75, 3.05) is 6.54 Å². The number of hydrogen-bond acceptors (Lipinski definition) is 3. The number of carboxylic acids is 1. The highest BCUT2D eigenvalue weighted by Gasteiger charge is 2.20. The van der Waals surface area contributed by atoms with E-state index in [1.54, 1.807) is 30.3 Å². The average molecular weight is 493 g/mol. The van der Waals surface area contributed by atoms with Gasteiger partial charge in [0, 0.05) is 17.6 Å². The molecule has 0 aliphatic heterocycles. The van der Waals surface area contributed by atoms with Crippen molar-refractivity contribution in [2.45, 2.75) is 31.4 Å². The largest absolute Gasteiger partial charge is 0.478 e. The molecule has 2 atom stereocenters. The van der Waals surface area contributed by atoms with Gasteiger partial charge in [0.05, 0.1) is 16.7 Å². The summed E-state index contributed by atoms with van der Waals surface area (Å²) in [6, 6.07) is 18.9. The van der Waals surface area contributed by atoms with Crippen LogP contribution in [0.15, 0.2) is 60.7 Å². The zero-order valence-electron chi connectivity index (χ0n) is 17.2. The van der Waals surface area contributed by atoms with Crippen LogP contribution < -0.4 is 5.32 Å². The number of nitrogens with one attached hydrogen (secondary N) is 1. The molecule has 3 aromatic carbocycles. The Kier molecular flexibility index (Phi) is 8.21. The van der Waals surface area contributed by atoms with Gasteiger partial charge in [0.1, 0.15) is 0 Å². The number of rotatable bonds is 6. The molecule has 0 fully saturated rings. The highest BCUT2D eigenvalue weighted by molar-refractivity contribution is 6.33. The van der Waals surface area contributed by atoms with Crippen LogP contribution in [0.3, 0.4) is 0 Å². The van der Waals surface area contributed by atoms with E-state index in [4.69, 9.17) is 23.2 Å². The summed E-state index contributed by atoms with van der Waals surface area (Å²) in [5.41, 5.74) is 5.45. The quantitative estimate of drug-likeness (QED) is 0.397. The van der Waals surface area contributed by atoms with Gasteiger partial charge in [-0.3, -0.25) is 0 Å². The normalized spacial score (nSPS) is 16.0. The molecule has 0 unspecified atom stereocenters. The predicted molar refractivity (Wildman–Crippen MR) is 131 cm³/mol. The van der Waals surface area contributed by atoms with Crippen molar-refractivity contribution in [1.82, 2.24) is 5.32 Å². The van der Waals surface area contributed by atoms with Crippen molar-refractivity contribution in [3.63, 3.8) is 0 Å². The maximum atomic E-state index is 11.2. The van der Waals surface area contributed by atoms with Crippen LogP contribution in [0.4, 0.5) is 0 Å². The highest BCUT2D eigenvalue weighted by Crippen LogP contribution is 2.30. The lowest BCUT2D eigenvalue weighted by Gasteiger charge is -2.27. The molecule has 4 rings (SSSR count). The minimum absolute atomic E-state index is 0. The van der Waals surface area contributed by atoms with Crippen LogP contribution in [0.25, 0.3) is 11.1 Å². The molecule has 3 aromatic rings. The Morgan fingerprint density at radius 1 is 1.00 bits per heavy atom. The van der Waals surface area contributed by atoms with Gasteiger partial charge in [-0.05, 0) is 71.3 Å². The second-order valence-corrected chi connectivity index (χ2v) is 8.74. The van der Waals surface area contributed by atoms with Gasteiger partial charge in [0.15, 0.2) is 0 Å². The molecule has 168 valence electrons. The molecule has 0 saturated carbocycles. The van der Waals surface area contributed by atoms with E-state index in [1.165, 1.54) is 11.1 Å². The van der Waals surface area contributed by atoms with Crippen molar-refractivity contribution in [3.8, 4) is 11.1 Å². The zero-order valence-corrected chi connectivity index (χ0v) is 19.6. The number of aryl methyl sites for hydroxylation is 1. The molecule has 0 radical (unpaired) electrons. The molecule has 4 nitrogen and oxygen atoms in total. The van der Waals surface area contributed by atoms with E-state index in [2.05, 4.69) is 23.5 Å². The summed E-state index contributed by atoms with van der Waals surface area (Å²) in [5.74, 6) is -1.03.